The van der Waals surface area contributed by atoms with E-state index in [1.165, 1.54) is 0 Å². The van der Waals surface area contributed by atoms with Crippen LogP contribution in [-0.2, 0) is 5.60 Å². The van der Waals surface area contributed by atoms with Gasteiger partial charge >= 0.3 is 0 Å². The molecule has 19 heavy (non-hydrogen) atoms. The average molecular weight is 255 g/mol. The number of hydrogen-bond acceptors (Lipinski definition) is 2. The lowest BCUT2D eigenvalue weighted by molar-refractivity contribution is 0.0788. The SMILES string of the molecule is Cc1ccccc1O[C@](C)(CCN)c1ccccc1. The molecular formula is C17H21NO. The molecule has 0 fully saturated rings. The van der Waals surface area contributed by atoms with Crippen LogP contribution >= 0.6 is 0 Å². The lowest BCUT2D eigenvalue weighted by Crippen LogP contribution is -2.32. The van der Waals surface area contributed by atoms with E-state index in [2.05, 4.69) is 32.0 Å². The van der Waals surface area contributed by atoms with Crippen LogP contribution in [0.5, 0.6) is 5.75 Å². The van der Waals surface area contributed by atoms with Gasteiger partial charge in [-0.15, -0.1) is 0 Å². The molecule has 1 atom stereocenters. The summed E-state index contributed by atoms with van der Waals surface area (Å²) >= 11 is 0. The largest absolute Gasteiger partial charge is 0.483 e. The second-order valence-electron chi connectivity index (χ2n) is 5.00. The summed E-state index contributed by atoms with van der Waals surface area (Å²) in [7, 11) is 0. The van der Waals surface area contributed by atoms with Gasteiger partial charge in [0.25, 0.3) is 0 Å². The standard InChI is InChI=1S/C17H21NO/c1-14-8-6-7-11-16(14)19-17(2,12-13-18)15-9-4-3-5-10-15/h3-11H,12-13,18H2,1-2H3/t17-/m1/s1. The molecule has 100 valence electrons. The van der Waals surface area contributed by atoms with Crippen LogP contribution in [0, 0.1) is 6.92 Å². The van der Waals surface area contributed by atoms with E-state index in [1.807, 2.05) is 36.4 Å². The predicted octanol–water partition coefficient (Wildman–Crippen LogP) is 3.64. The summed E-state index contributed by atoms with van der Waals surface area (Å²) in [5.74, 6) is 0.919. The van der Waals surface area contributed by atoms with Crippen molar-refractivity contribution in [2.45, 2.75) is 25.9 Å². The first kappa shape index (κ1) is 13.6. The van der Waals surface area contributed by atoms with Gasteiger partial charge in [-0.05, 0) is 37.6 Å². The first-order valence-corrected chi connectivity index (χ1v) is 6.66. The Balaban J connectivity index is 2.33. The second kappa shape index (κ2) is 5.89. The Morgan fingerprint density at radius 2 is 1.63 bits per heavy atom. The fourth-order valence-electron chi connectivity index (χ4n) is 2.23. The molecule has 0 saturated carbocycles. The molecule has 0 aliphatic heterocycles. The van der Waals surface area contributed by atoms with Crippen molar-refractivity contribution in [2.24, 2.45) is 5.73 Å². The summed E-state index contributed by atoms with van der Waals surface area (Å²) in [6, 6.07) is 18.3. The third-order valence-corrected chi connectivity index (χ3v) is 3.43. The molecule has 2 rings (SSSR count). The van der Waals surface area contributed by atoms with Crippen molar-refractivity contribution >= 4 is 0 Å². The van der Waals surface area contributed by atoms with Gasteiger partial charge in [-0.2, -0.15) is 0 Å². The summed E-state index contributed by atoms with van der Waals surface area (Å²) < 4.78 is 6.28. The summed E-state index contributed by atoms with van der Waals surface area (Å²) in [6.07, 6.45) is 0.783. The van der Waals surface area contributed by atoms with E-state index < -0.39 is 0 Å². The molecule has 2 aromatic rings. The Bertz CT molecular complexity index is 524. The maximum absolute atomic E-state index is 6.28. The molecule has 2 aromatic carbocycles. The molecule has 0 spiro atoms. The lowest BCUT2D eigenvalue weighted by atomic mass is 9.92. The van der Waals surface area contributed by atoms with Gasteiger partial charge in [0.1, 0.15) is 11.4 Å². The minimum Gasteiger partial charge on any atom is -0.483 e. The number of benzene rings is 2. The molecule has 0 unspecified atom stereocenters. The van der Waals surface area contributed by atoms with Crippen molar-refractivity contribution in [2.75, 3.05) is 6.54 Å². The highest BCUT2D eigenvalue weighted by molar-refractivity contribution is 5.34. The number of aryl methyl sites for hydroxylation is 1. The van der Waals surface area contributed by atoms with Gasteiger partial charge < -0.3 is 10.5 Å². The van der Waals surface area contributed by atoms with Crippen molar-refractivity contribution in [1.82, 2.24) is 0 Å². The molecule has 2 nitrogen and oxygen atoms in total. The van der Waals surface area contributed by atoms with E-state index in [1.54, 1.807) is 0 Å². The highest BCUT2D eigenvalue weighted by Gasteiger charge is 2.28. The molecule has 0 heterocycles. The lowest BCUT2D eigenvalue weighted by Gasteiger charge is -2.31. The van der Waals surface area contributed by atoms with Crippen molar-refractivity contribution in [1.29, 1.82) is 0 Å². The Kier molecular flexibility index (Phi) is 4.23. The Morgan fingerprint density at radius 3 is 2.26 bits per heavy atom. The average Bonchev–Trinajstić information content (AvgIpc) is 2.43. The van der Waals surface area contributed by atoms with Crippen LogP contribution < -0.4 is 10.5 Å². The van der Waals surface area contributed by atoms with Gasteiger partial charge in [-0.3, -0.25) is 0 Å². The zero-order valence-electron chi connectivity index (χ0n) is 11.6. The number of hydrogen-bond donors (Lipinski definition) is 1. The maximum Gasteiger partial charge on any atom is 0.132 e. The van der Waals surface area contributed by atoms with Crippen molar-refractivity contribution in [3.63, 3.8) is 0 Å². The molecule has 0 aliphatic carbocycles. The van der Waals surface area contributed by atoms with E-state index in [4.69, 9.17) is 10.5 Å². The van der Waals surface area contributed by atoms with Crippen LogP contribution in [0.15, 0.2) is 54.6 Å². The van der Waals surface area contributed by atoms with E-state index in [0.717, 1.165) is 23.3 Å². The van der Waals surface area contributed by atoms with Crippen LogP contribution in [0.2, 0.25) is 0 Å². The molecule has 2 heteroatoms. The van der Waals surface area contributed by atoms with E-state index in [9.17, 15) is 0 Å². The van der Waals surface area contributed by atoms with Gasteiger partial charge in [0.05, 0.1) is 0 Å². The number of rotatable bonds is 5. The molecule has 0 amide bonds. The highest BCUT2D eigenvalue weighted by Crippen LogP contribution is 2.32. The number of para-hydroxylation sites is 1. The summed E-state index contributed by atoms with van der Waals surface area (Å²) in [6.45, 7) is 4.75. The monoisotopic (exact) mass is 255 g/mol. The zero-order chi connectivity index (χ0) is 13.7. The molecule has 0 bridgehead atoms. The third kappa shape index (κ3) is 3.15. The zero-order valence-corrected chi connectivity index (χ0v) is 11.6. The van der Waals surface area contributed by atoms with Crippen molar-refractivity contribution < 1.29 is 4.74 Å². The molecule has 0 radical (unpaired) electrons. The van der Waals surface area contributed by atoms with Crippen LogP contribution in [0.1, 0.15) is 24.5 Å². The highest BCUT2D eigenvalue weighted by atomic mass is 16.5. The van der Waals surface area contributed by atoms with Gasteiger partial charge in [0, 0.05) is 6.42 Å². The Morgan fingerprint density at radius 1 is 1.00 bits per heavy atom. The van der Waals surface area contributed by atoms with Crippen molar-refractivity contribution in [3.8, 4) is 5.75 Å². The molecule has 0 aromatic heterocycles. The fourth-order valence-corrected chi connectivity index (χ4v) is 2.23. The van der Waals surface area contributed by atoms with Crippen LogP contribution in [0.3, 0.4) is 0 Å². The Labute approximate surface area is 115 Å². The third-order valence-electron chi connectivity index (χ3n) is 3.43. The predicted molar refractivity (Wildman–Crippen MR) is 79.3 cm³/mol. The fraction of sp³-hybridized carbons (Fsp3) is 0.294. The van der Waals surface area contributed by atoms with Gasteiger partial charge in [-0.25, -0.2) is 0 Å². The summed E-state index contributed by atoms with van der Waals surface area (Å²) in [5, 5.41) is 0. The van der Waals surface area contributed by atoms with E-state index >= 15 is 0 Å². The summed E-state index contributed by atoms with van der Waals surface area (Å²) in [4.78, 5) is 0. The number of ether oxygens (including phenoxy) is 1. The first-order chi connectivity index (χ1) is 9.15. The molecule has 0 saturated heterocycles. The maximum atomic E-state index is 6.28. The van der Waals surface area contributed by atoms with Crippen molar-refractivity contribution in [3.05, 3.63) is 65.7 Å². The van der Waals surface area contributed by atoms with Crippen LogP contribution in [0.25, 0.3) is 0 Å². The molecular weight excluding hydrogens is 234 g/mol. The van der Waals surface area contributed by atoms with Crippen LogP contribution in [0.4, 0.5) is 0 Å². The van der Waals surface area contributed by atoms with Gasteiger partial charge in [0.15, 0.2) is 0 Å². The van der Waals surface area contributed by atoms with E-state index in [0.29, 0.717) is 6.54 Å². The minimum absolute atomic E-state index is 0.387. The second-order valence-corrected chi connectivity index (χ2v) is 5.00. The number of nitrogens with two attached hydrogens (primary N) is 1. The molecule has 2 N–H and O–H groups in total. The Hall–Kier alpha value is -1.80. The topological polar surface area (TPSA) is 35.2 Å². The van der Waals surface area contributed by atoms with Crippen LogP contribution in [-0.4, -0.2) is 6.54 Å². The first-order valence-electron chi connectivity index (χ1n) is 6.66. The van der Waals surface area contributed by atoms with Gasteiger partial charge in [0.2, 0.25) is 0 Å². The minimum atomic E-state index is -0.387. The molecule has 0 aliphatic rings. The van der Waals surface area contributed by atoms with E-state index in [-0.39, 0.29) is 5.60 Å². The summed E-state index contributed by atoms with van der Waals surface area (Å²) in [5.41, 5.74) is 7.67. The smallest absolute Gasteiger partial charge is 0.132 e. The van der Waals surface area contributed by atoms with Gasteiger partial charge in [-0.1, -0.05) is 48.5 Å². The normalized spacial score (nSPS) is 13.8. The quantitative estimate of drug-likeness (QED) is 0.885.